The molecule has 0 aliphatic heterocycles. The van der Waals surface area contributed by atoms with Crippen molar-refractivity contribution in [3.8, 4) is 11.1 Å². The molecule has 0 saturated carbocycles. The van der Waals surface area contributed by atoms with Crippen molar-refractivity contribution in [2.24, 2.45) is 0 Å². The Balaban J connectivity index is 1.69. The average molecular weight is 316 g/mol. The summed E-state index contributed by atoms with van der Waals surface area (Å²) in [5.41, 5.74) is 4.79. The van der Waals surface area contributed by atoms with E-state index in [1.807, 2.05) is 66.9 Å². The van der Waals surface area contributed by atoms with Gasteiger partial charge in [-0.3, -0.25) is 14.8 Å². The summed E-state index contributed by atoms with van der Waals surface area (Å²) in [4.78, 5) is 19.1. The molecule has 0 amide bonds. The molecule has 0 aliphatic carbocycles. The van der Waals surface area contributed by atoms with Gasteiger partial charge in [-0.15, -0.1) is 0 Å². The topological polar surface area (TPSA) is 63.1 Å². The Morgan fingerprint density at radius 3 is 2.29 bits per heavy atom. The van der Waals surface area contributed by atoms with Crippen molar-refractivity contribution in [2.45, 2.75) is 6.42 Å². The first-order valence-corrected chi connectivity index (χ1v) is 7.56. The van der Waals surface area contributed by atoms with Crippen molar-refractivity contribution >= 4 is 18.1 Å². The number of hydrogen-bond acceptors (Lipinski definition) is 3. The normalized spacial score (nSPS) is 10.8. The Kier molecular flexibility index (Phi) is 4.77. The van der Waals surface area contributed by atoms with Gasteiger partial charge >= 0.3 is 5.97 Å². The first kappa shape index (κ1) is 15.6. The summed E-state index contributed by atoms with van der Waals surface area (Å²) >= 11 is 0. The van der Waals surface area contributed by atoms with E-state index in [9.17, 15) is 4.79 Å². The van der Waals surface area contributed by atoms with Crippen LogP contribution in [0.4, 0.5) is 0 Å². The van der Waals surface area contributed by atoms with Gasteiger partial charge < -0.3 is 5.11 Å². The van der Waals surface area contributed by atoms with Crippen molar-refractivity contribution in [1.82, 2.24) is 9.97 Å². The van der Waals surface area contributed by atoms with Gasteiger partial charge in [0.25, 0.3) is 0 Å². The molecule has 0 atom stereocenters. The maximum Gasteiger partial charge on any atom is 0.307 e. The molecule has 3 rings (SSSR count). The predicted octanol–water partition coefficient (Wildman–Crippen LogP) is 3.94. The van der Waals surface area contributed by atoms with E-state index in [2.05, 4.69) is 9.97 Å². The Morgan fingerprint density at radius 1 is 0.917 bits per heavy atom. The summed E-state index contributed by atoms with van der Waals surface area (Å²) in [7, 11) is 0. The van der Waals surface area contributed by atoms with Crippen LogP contribution in [0.3, 0.4) is 0 Å². The van der Waals surface area contributed by atoms with Crippen LogP contribution >= 0.6 is 0 Å². The zero-order valence-electron chi connectivity index (χ0n) is 13.0. The summed E-state index contributed by atoms with van der Waals surface area (Å²) in [5, 5.41) is 8.77. The van der Waals surface area contributed by atoms with Crippen molar-refractivity contribution < 1.29 is 9.90 Å². The minimum atomic E-state index is -0.822. The minimum absolute atomic E-state index is 0.0437. The second-order valence-electron chi connectivity index (χ2n) is 5.35. The van der Waals surface area contributed by atoms with Crippen LogP contribution in [-0.4, -0.2) is 21.0 Å². The number of pyridine rings is 2. The Morgan fingerprint density at radius 2 is 1.67 bits per heavy atom. The first-order valence-electron chi connectivity index (χ1n) is 7.56. The molecule has 1 N–H and O–H groups in total. The maximum absolute atomic E-state index is 10.7. The van der Waals surface area contributed by atoms with Crippen LogP contribution in [0.25, 0.3) is 23.3 Å². The monoisotopic (exact) mass is 316 g/mol. The SMILES string of the molecule is O=C(O)Cc1ccc(C=Cc2ccc(-c3ccncc3)cn2)cc1. The van der Waals surface area contributed by atoms with E-state index in [1.165, 1.54) is 0 Å². The molecule has 0 aliphatic rings. The van der Waals surface area contributed by atoms with E-state index >= 15 is 0 Å². The van der Waals surface area contributed by atoms with Crippen LogP contribution in [0.15, 0.2) is 67.1 Å². The molecule has 2 aromatic heterocycles. The highest BCUT2D eigenvalue weighted by atomic mass is 16.4. The summed E-state index contributed by atoms with van der Waals surface area (Å²) in [6, 6.07) is 15.3. The van der Waals surface area contributed by atoms with Gasteiger partial charge in [0.15, 0.2) is 0 Å². The fourth-order valence-corrected chi connectivity index (χ4v) is 2.32. The van der Waals surface area contributed by atoms with E-state index in [4.69, 9.17) is 5.11 Å². The van der Waals surface area contributed by atoms with Crippen LogP contribution in [0.5, 0.6) is 0 Å². The molecule has 0 radical (unpaired) electrons. The molecule has 0 bridgehead atoms. The molecule has 0 fully saturated rings. The van der Waals surface area contributed by atoms with E-state index in [0.717, 1.165) is 27.9 Å². The number of aliphatic carboxylic acids is 1. The quantitative estimate of drug-likeness (QED) is 0.774. The van der Waals surface area contributed by atoms with Crippen molar-refractivity contribution in [2.75, 3.05) is 0 Å². The van der Waals surface area contributed by atoms with Crippen LogP contribution in [-0.2, 0) is 11.2 Å². The largest absolute Gasteiger partial charge is 0.481 e. The molecular formula is C20H16N2O2. The van der Waals surface area contributed by atoms with Gasteiger partial charge in [-0.25, -0.2) is 0 Å². The van der Waals surface area contributed by atoms with Crippen LogP contribution in [0.2, 0.25) is 0 Å². The zero-order valence-corrected chi connectivity index (χ0v) is 13.0. The van der Waals surface area contributed by atoms with Crippen LogP contribution < -0.4 is 0 Å². The number of benzene rings is 1. The molecule has 0 unspecified atom stereocenters. The van der Waals surface area contributed by atoms with Crippen molar-refractivity contribution in [1.29, 1.82) is 0 Å². The molecule has 24 heavy (non-hydrogen) atoms. The smallest absolute Gasteiger partial charge is 0.307 e. The van der Waals surface area contributed by atoms with Gasteiger partial charge in [-0.2, -0.15) is 0 Å². The Bertz CT molecular complexity index is 839. The summed E-state index contributed by atoms with van der Waals surface area (Å²) in [6.07, 6.45) is 9.29. The molecule has 0 spiro atoms. The lowest BCUT2D eigenvalue weighted by molar-refractivity contribution is -0.136. The number of nitrogens with zero attached hydrogens (tertiary/aromatic N) is 2. The molecule has 2 heterocycles. The number of hydrogen-bond donors (Lipinski definition) is 1. The maximum atomic E-state index is 10.7. The summed E-state index contributed by atoms with van der Waals surface area (Å²) in [6.45, 7) is 0. The highest BCUT2D eigenvalue weighted by Crippen LogP contribution is 2.17. The minimum Gasteiger partial charge on any atom is -0.481 e. The number of aromatic nitrogens is 2. The number of rotatable bonds is 5. The van der Waals surface area contributed by atoms with Gasteiger partial charge in [-0.05, 0) is 41.0 Å². The molecule has 4 nitrogen and oxygen atoms in total. The molecule has 118 valence electrons. The Hall–Kier alpha value is -3.27. The third-order valence-corrected chi connectivity index (χ3v) is 3.58. The fraction of sp³-hybridized carbons (Fsp3) is 0.0500. The second kappa shape index (κ2) is 7.33. The summed E-state index contributed by atoms with van der Waals surface area (Å²) in [5.74, 6) is -0.822. The fourth-order valence-electron chi connectivity index (χ4n) is 2.32. The van der Waals surface area contributed by atoms with Crippen LogP contribution in [0.1, 0.15) is 16.8 Å². The number of carbonyl (C=O) groups is 1. The molecular weight excluding hydrogens is 300 g/mol. The molecule has 1 aromatic carbocycles. The van der Waals surface area contributed by atoms with E-state index < -0.39 is 5.97 Å². The van der Waals surface area contributed by atoms with Gasteiger partial charge in [0.2, 0.25) is 0 Å². The first-order chi connectivity index (χ1) is 11.7. The number of carboxylic acid groups (broad SMARTS) is 1. The lowest BCUT2D eigenvalue weighted by atomic mass is 10.1. The molecule has 3 aromatic rings. The average Bonchev–Trinajstić information content (AvgIpc) is 2.62. The van der Waals surface area contributed by atoms with E-state index in [-0.39, 0.29) is 6.42 Å². The Labute approximate surface area is 140 Å². The zero-order chi connectivity index (χ0) is 16.8. The van der Waals surface area contributed by atoms with Gasteiger partial charge in [0, 0.05) is 24.2 Å². The third kappa shape index (κ3) is 4.14. The lowest BCUT2D eigenvalue weighted by Gasteiger charge is -2.01. The van der Waals surface area contributed by atoms with E-state index in [0.29, 0.717) is 0 Å². The van der Waals surface area contributed by atoms with Crippen molar-refractivity contribution in [3.63, 3.8) is 0 Å². The molecule has 4 heteroatoms. The second-order valence-corrected chi connectivity index (χ2v) is 5.35. The third-order valence-electron chi connectivity index (χ3n) is 3.58. The predicted molar refractivity (Wildman–Crippen MR) is 94.2 cm³/mol. The van der Waals surface area contributed by atoms with Crippen LogP contribution in [0, 0.1) is 0 Å². The van der Waals surface area contributed by atoms with Crippen molar-refractivity contribution in [3.05, 3.63) is 83.9 Å². The highest BCUT2D eigenvalue weighted by molar-refractivity contribution is 5.72. The molecule has 0 saturated heterocycles. The summed E-state index contributed by atoms with van der Waals surface area (Å²) < 4.78 is 0. The lowest BCUT2D eigenvalue weighted by Crippen LogP contribution is -1.99. The highest BCUT2D eigenvalue weighted by Gasteiger charge is 2.00. The van der Waals surface area contributed by atoms with E-state index in [1.54, 1.807) is 12.4 Å². The number of carboxylic acids is 1. The van der Waals surface area contributed by atoms with Gasteiger partial charge in [-0.1, -0.05) is 36.4 Å². The van der Waals surface area contributed by atoms with Gasteiger partial charge in [0.05, 0.1) is 12.1 Å². The van der Waals surface area contributed by atoms with Gasteiger partial charge in [0.1, 0.15) is 0 Å². The standard InChI is InChI=1S/C20H16N2O2/c23-20(24)13-16-3-1-15(2-4-16)5-7-19-8-6-18(14-22-19)17-9-11-21-12-10-17/h1-12,14H,13H2,(H,23,24).